The first-order chi connectivity index (χ1) is 14.7. The Morgan fingerprint density at radius 1 is 1.13 bits per heavy atom. The average molecular weight is 543 g/mol. The Kier molecular flexibility index (Phi) is 11.4. The summed E-state index contributed by atoms with van der Waals surface area (Å²) in [6.07, 6.45) is 4.33. The molecule has 3 rings (SSSR count). The van der Waals surface area contributed by atoms with Gasteiger partial charge in [0.05, 0.1) is 13.7 Å². The van der Waals surface area contributed by atoms with Gasteiger partial charge in [-0.3, -0.25) is 14.7 Å². The summed E-state index contributed by atoms with van der Waals surface area (Å²) < 4.78 is 5.21. The number of carbonyl (C=O) groups excluding carboxylic acids is 1. The van der Waals surface area contributed by atoms with E-state index in [9.17, 15) is 4.79 Å². The molecule has 2 N–H and O–H groups in total. The number of ether oxygens (including phenoxy) is 1. The van der Waals surface area contributed by atoms with Gasteiger partial charge < -0.3 is 20.3 Å². The van der Waals surface area contributed by atoms with Gasteiger partial charge in [-0.15, -0.1) is 24.0 Å². The summed E-state index contributed by atoms with van der Waals surface area (Å²) >= 11 is 0. The zero-order chi connectivity index (χ0) is 21.2. The lowest BCUT2D eigenvalue weighted by molar-refractivity contribution is -0.139. The van der Waals surface area contributed by atoms with Crippen LogP contribution in [0.1, 0.15) is 31.7 Å². The van der Waals surface area contributed by atoms with Gasteiger partial charge in [0, 0.05) is 51.7 Å². The molecule has 1 aliphatic heterocycles. The van der Waals surface area contributed by atoms with Crippen LogP contribution in [0.5, 0.6) is 5.75 Å². The van der Waals surface area contributed by atoms with Crippen molar-refractivity contribution in [3.8, 4) is 5.75 Å². The number of methoxy groups -OCH3 is 1. The molecule has 0 bridgehead atoms. The van der Waals surface area contributed by atoms with Crippen LogP contribution >= 0.6 is 24.0 Å². The Labute approximate surface area is 204 Å². The molecular formula is C23H38IN5O2. The molecule has 1 aromatic carbocycles. The Morgan fingerprint density at radius 2 is 1.84 bits per heavy atom. The molecule has 1 saturated carbocycles. The summed E-state index contributed by atoms with van der Waals surface area (Å²) in [6.45, 7) is 9.08. The van der Waals surface area contributed by atoms with Crippen LogP contribution in [0, 0.1) is 5.92 Å². The second-order valence-electron chi connectivity index (χ2n) is 8.08. The number of guanidine groups is 1. The van der Waals surface area contributed by atoms with Gasteiger partial charge in [0.25, 0.3) is 0 Å². The molecule has 2 aliphatic rings. The van der Waals surface area contributed by atoms with Crippen LogP contribution in [0.25, 0.3) is 0 Å². The van der Waals surface area contributed by atoms with Gasteiger partial charge in [0.1, 0.15) is 5.75 Å². The van der Waals surface area contributed by atoms with Gasteiger partial charge in [0.15, 0.2) is 5.96 Å². The van der Waals surface area contributed by atoms with E-state index in [1.807, 2.05) is 12.1 Å². The molecule has 0 aromatic heterocycles. The Hall–Kier alpha value is -1.55. The predicted molar refractivity (Wildman–Crippen MR) is 136 cm³/mol. The zero-order valence-corrected chi connectivity index (χ0v) is 21.3. The number of halogens is 1. The van der Waals surface area contributed by atoms with Crippen molar-refractivity contribution >= 4 is 35.8 Å². The fourth-order valence-corrected chi connectivity index (χ4v) is 3.87. The maximum Gasteiger partial charge on any atom is 0.225 e. The van der Waals surface area contributed by atoms with E-state index < -0.39 is 0 Å². The number of piperazine rings is 1. The lowest BCUT2D eigenvalue weighted by atomic mass is 9.84. The molecule has 174 valence electrons. The number of hydrogen-bond donors (Lipinski definition) is 2. The number of amides is 1. The number of aliphatic imine (C=N–C) groups is 1. The quantitative estimate of drug-likeness (QED) is 0.285. The van der Waals surface area contributed by atoms with Crippen molar-refractivity contribution in [3.63, 3.8) is 0 Å². The highest BCUT2D eigenvalue weighted by Gasteiger charge is 2.30. The lowest BCUT2D eigenvalue weighted by Crippen LogP contribution is -2.51. The highest BCUT2D eigenvalue weighted by molar-refractivity contribution is 14.0. The van der Waals surface area contributed by atoms with Crippen LogP contribution in [0.4, 0.5) is 0 Å². The van der Waals surface area contributed by atoms with Crippen LogP contribution < -0.4 is 15.4 Å². The Balaban J connectivity index is 0.00000341. The van der Waals surface area contributed by atoms with Crippen molar-refractivity contribution in [2.75, 3.05) is 59.5 Å². The zero-order valence-electron chi connectivity index (χ0n) is 18.9. The molecular weight excluding hydrogens is 505 g/mol. The molecule has 7 nitrogen and oxygen atoms in total. The monoisotopic (exact) mass is 543 g/mol. The second kappa shape index (κ2) is 13.8. The first kappa shape index (κ1) is 25.7. The van der Waals surface area contributed by atoms with Crippen LogP contribution in [0.3, 0.4) is 0 Å². The SMILES string of the molecule is CCNC(=NCCN1CCN(C(=O)C2CCC2)CC1)NCCc1ccc(OC)cc1.I. The van der Waals surface area contributed by atoms with E-state index in [2.05, 4.69) is 39.5 Å². The topological polar surface area (TPSA) is 69.2 Å². The normalized spacial score (nSPS) is 17.5. The van der Waals surface area contributed by atoms with Gasteiger partial charge in [-0.25, -0.2) is 0 Å². The van der Waals surface area contributed by atoms with Crippen molar-refractivity contribution in [1.29, 1.82) is 0 Å². The van der Waals surface area contributed by atoms with Crippen molar-refractivity contribution in [1.82, 2.24) is 20.4 Å². The van der Waals surface area contributed by atoms with E-state index in [0.29, 0.717) is 11.8 Å². The van der Waals surface area contributed by atoms with Crippen molar-refractivity contribution < 1.29 is 9.53 Å². The summed E-state index contributed by atoms with van der Waals surface area (Å²) in [4.78, 5) is 21.6. The van der Waals surface area contributed by atoms with E-state index in [1.54, 1.807) is 7.11 Å². The Morgan fingerprint density at radius 3 is 2.42 bits per heavy atom. The number of rotatable bonds is 9. The minimum Gasteiger partial charge on any atom is -0.497 e. The molecule has 0 radical (unpaired) electrons. The van der Waals surface area contributed by atoms with Crippen LogP contribution in [-0.2, 0) is 11.2 Å². The van der Waals surface area contributed by atoms with Crippen LogP contribution in [0.2, 0.25) is 0 Å². The maximum atomic E-state index is 12.4. The fourth-order valence-electron chi connectivity index (χ4n) is 3.87. The molecule has 8 heteroatoms. The molecule has 1 amide bonds. The van der Waals surface area contributed by atoms with E-state index in [0.717, 1.165) is 83.3 Å². The largest absolute Gasteiger partial charge is 0.497 e. The first-order valence-electron chi connectivity index (χ1n) is 11.4. The average Bonchev–Trinajstić information content (AvgIpc) is 2.73. The van der Waals surface area contributed by atoms with Crippen molar-refractivity contribution in [3.05, 3.63) is 29.8 Å². The van der Waals surface area contributed by atoms with Gasteiger partial charge in [0.2, 0.25) is 5.91 Å². The third-order valence-electron chi connectivity index (χ3n) is 6.03. The predicted octanol–water partition coefficient (Wildman–Crippen LogP) is 2.36. The molecule has 1 aromatic rings. The molecule has 2 fully saturated rings. The molecule has 0 atom stereocenters. The highest BCUT2D eigenvalue weighted by atomic mass is 127. The van der Waals surface area contributed by atoms with E-state index >= 15 is 0 Å². The molecule has 0 spiro atoms. The minimum absolute atomic E-state index is 0. The fraction of sp³-hybridized carbons (Fsp3) is 0.652. The van der Waals surface area contributed by atoms with Crippen molar-refractivity contribution in [2.24, 2.45) is 10.9 Å². The minimum atomic E-state index is 0. The number of nitrogens with one attached hydrogen (secondary N) is 2. The summed E-state index contributed by atoms with van der Waals surface area (Å²) in [5.74, 6) is 2.45. The van der Waals surface area contributed by atoms with Crippen LogP contribution in [-0.4, -0.2) is 81.1 Å². The maximum absolute atomic E-state index is 12.4. The van der Waals surface area contributed by atoms with Crippen molar-refractivity contribution in [2.45, 2.75) is 32.6 Å². The van der Waals surface area contributed by atoms with E-state index in [4.69, 9.17) is 9.73 Å². The summed E-state index contributed by atoms with van der Waals surface area (Å²) in [5.41, 5.74) is 1.27. The summed E-state index contributed by atoms with van der Waals surface area (Å²) in [7, 11) is 1.68. The van der Waals surface area contributed by atoms with Gasteiger partial charge >= 0.3 is 0 Å². The van der Waals surface area contributed by atoms with E-state index in [-0.39, 0.29) is 24.0 Å². The standard InChI is InChI=1S/C23H37N5O2.HI/c1-3-24-23(25-12-11-19-7-9-21(30-2)10-8-19)26-13-14-27-15-17-28(18-16-27)22(29)20-5-4-6-20;/h7-10,20H,3-6,11-18H2,1-2H3,(H2,24,25,26);1H. The first-order valence-corrected chi connectivity index (χ1v) is 11.4. The van der Waals surface area contributed by atoms with Gasteiger partial charge in [-0.1, -0.05) is 18.6 Å². The number of nitrogens with zero attached hydrogens (tertiary/aromatic N) is 3. The van der Waals surface area contributed by atoms with Gasteiger partial charge in [-0.05, 0) is 43.9 Å². The molecule has 31 heavy (non-hydrogen) atoms. The number of benzene rings is 1. The molecule has 0 unspecified atom stereocenters. The number of carbonyl (C=O) groups is 1. The van der Waals surface area contributed by atoms with Crippen LogP contribution in [0.15, 0.2) is 29.3 Å². The molecule has 1 saturated heterocycles. The highest BCUT2D eigenvalue weighted by Crippen LogP contribution is 2.28. The summed E-state index contributed by atoms with van der Waals surface area (Å²) in [5, 5.41) is 6.74. The number of hydrogen-bond acceptors (Lipinski definition) is 4. The summed E-state index contributed by atoms with van der Waals surface area (Å²) in [6, 6.07) is 8.18. The Bertz CT molecular complexity index is 686. The molecule has 1 heterocycles. The third-order valence-corrected chi connectivity index (χ3v) is 6.03. The third kappa shape index (κ3) is 8.14. The molecule has 1 aliphatic carbocycles. The van der Waals surface area contributed by atoms with E-state index in [1.165, 1.54) is 12.0 Å². The lowest BCUT2D eigenvalue weighted by Gasteiger charge is -2.38. The second-order valence-corrected chi connectivity index (χ2v) is 8.08. The van der Waals surface area contributed by atoms with Gasteiger partial charge in [-0.2, -0.15) is 0 Å². The smallest absolute Gasteiger partial charge is 0.225 e.